The summed E-state index contributed by atoms with van der Waals surface area (Å²) in [5.74, 6) is 2.06. The summed E-state index contributed by atoms with van der Waals surface area (Å²) < 4.78 is 0. The van der Waals surface area contributed by atoms with Crippen molar-refractivity contribution in [3.05, 3.63) is 0 Å². The molecule has 2 heteroatoms. The fourth-order valence-electron chi connectivity index (χ4n) is 3.81. The lowest BCUT2D eigenvalue weighted by Crippen LogP contribution is -2.43. The van der Waals surface area contributed by atoms with Crippen LogP contribution in [-0.4, -0.2) is 38.1 Å². The molecule has 1 N–H and O–H groups in total. The first-order valence-corrected chi connectivity index (χ1v) is 6.84. The number of nitrogens with zero attached hydrogens (tertiary/aromatic N) is 1. The van der Waals surface area contributed by atoms with Crippen LogP contribution in [0.3, 0.4) is 0 Å². The van der Waals surface area contributed by atoms with Crippen molar-refractivity contribution in [3.63, 3.8) is 0 Å². The molecule has 2 rings (SSSR count). The second-order valence-corrected chi connectivity index (χ2v) is 7.06. The zero-order valence-corrected chi connectivity index (χ0v) is 11.4. The quantitative estimate of drug-likeness (QED) is 0.771. The molecule has 0 aromatic rings. The van der Waals surface area contributed by atoms with Gasteiger partial charge in [0.2, 0.25) is 0 Å². The zero-order chi connectivity index (χ0) is 11.8. The summed E-state index contributed by atoms with van der Waals surface area (Å²) in [6, 6.07) is 0.834. The van der Waals surface area contributed by atoms with Gasteiger partial charge in [-0.15, -0.1) is 0 Å². The highest BCUT2D eigenvalue weighted by Gasteiger charge is 2.39. The SMILES string of the molecule is CN(C)CC(C)(C)CN[C@@H]1C[C@H]2CC[C@H]1C2. The highest BCUT2D eigenvalue weighted by Crippen LogP contribution is 2.44. The van der Waals surface area contributed by atoms with E-state index < -0.39 is 0 Å². The van der Waals surface area contributed by atoms with Crippen molar-refractivity contribution in [1.29, 1.82) is 0 Å². The standard InChI is InChI=1S/C14H28N2/c1-14(2,10-16(3)4)9-15-13-8-11-5-6-12(13)7-11/h11-13,15H,5-10H2,1-4H3/t11-,12-,13+/m0/s1. The predicted molar refractivity (Wildman–Crippen MR) is 69.6 cm³/mol. The Bertz CT molecular complexity index is 235. The van der Waals surface area contributed by atoms with Crippen LogP contribution in [-0.2, 0) is 0 Å². The zero-order valence-electron chi connectivity index (χ0n) is 11.4. The minimum atomic E-state index is 0.394. The van der Waals surface area contributed by atoms with Gasteiger partial charge in [0, 0.05) is 19.1 Å². The van der Waals surface area contributed by atoms with Gasteiger partial charge in [-0.25, -0.2) is 0 Å². The Balaban J connectivity index is 1.74. The van der Waals surface area contributed by atoms with E-state index >= 15 is 0 Å². The van der Waals surface area contributed by atoms with Crippen molar-refractivity contribution in [2.75, 3.05) is 27.2 Å². The molecule has 2 bridgehead atoms. The lowest BCUT2D eigenvalue weighted by molar-refractivity contribution is 0.213. The smallest absolute Gasteiger partial charge is 0.00983 e. The maximum absolute atomic E-state index is 3.83. The fraction of sp³-hybridized carbons (Fsp3) is 1.00. The van der Waals surface area contributed by atoms with Gasteiger partial charge in [-0.05, 0) is 50.6 Å². The van der Waals surface area contributed by atoms with Gasteiger partial charge in [-0.1, -0.05) is 20.3 Å². The third-order valence-electron chi connectivity index (χ3n) is 4.33. The third-order valence-corrected chi connectivity index (χ3v) is 4.33. The first-order chi connectivity index (χ1) is 7.46. The van der Waals surface area contributed by atoms with Crippen molar-refractivity contribution < 1.29 is 0 Å². The Kier molecular flexibility index (Phi) is 3.60. The second kappa shape index (κ2) is 4.66. The van der Waals surface area contributed by atoms with E-state index in [1.807, 2.05) is 0 Å². The van der Waals surface area contributed by atoms with Gasteiger partial charge in [-0.3, -0.25) is 0 Å². The highest BCUT2D eigenvalue weighted by atomic mass is 15.1. The van der Waals surface area contributed by atoms with Crippen LogP contribution >= 0.6 is 0 Å². The van der Waals surface area contributed by atoms with Gasteiger partial charge in [0.25, 0.3) is 0 Å². The van der Waals surface area contributed by atoms with E-state index in [-0.39, 0.29) is 0 Å². The van der Waals surface area contributed by atoms with Crippen LogP contribution in [0.15, 0.2) is 0 Å². The molecule has 0 heterocycles. The van der Waals surface area contributed by atoms with Gasteiger partial charge in [0.05, 0.1) is 0 Å². The molecule has 0 radical (unpaired) electrons. The summed E-state index contributed by atoms with van der Waals surface area (Å²) in [4.78, 5) is 2.29. The third kappa shape index (κ3) is 2.98. The molecule has 0 aromatic carbocycles. The molecule has 2 aliphatic carbocycles. The summed E-state index contributed by atoms with van der Waals surface area (Å²) in [6.45, 7) is 7.07. The van der Waals surface area contributed by atoms with E-state index in [1.54, 1.807) is 0 Å². The predicted octanol–water partition coefficient (Wildman–Crippen LogP) is 2.35. The van der Waals surface area contributed by atoms with E-state index in [4.69, 9.17) is 0 Å². The van der Waals surface area contributed by atoms with Crippen molar-refractivity contribution in [2.24, 2.45) is 17.3 Å². The van der Waals surface area contributed by atoms with E-state index in [2.05, 4.69) is 38.2 Å². The van der Waals surface area contributed by atoms with Crippen molar-refractivity contribution in [2.45, 2.75) is 45.6 Å². The minimum Gasteiger partial charge on any atom is -0.313 e. The van der Waals surface area contributed by atoms with Crippen LogP contribution in [0, 0.1) is 17.3 Å². The molecule has 0 spiro atoms. The molecule has 0 unspecified atom stereocenters. The van der Waals surface area contributed by atoms with Crippen molar-refractivity contribution in [1.82, 2.24) is 10.2 Å². The summed E-state index contributed by atoms with van der Waals surface area (Å²) >= 11 is 0. The summed E-state index contributed by atoms with van der Waals surface area (Å²) in [7, 11) is 4.33. The van der Waals surface area contributed by atoms with Crippen LogP contribution in [0.1, 0.15) is 39.5 Å². The molecule has 16 heavy (non-hydrogen) atoms. The van der Waals surface area contributed by atoms with Crippen LogP contribution < -0.4 is 5.32 Å². The van der Waals surface area contributed by atoms with Crippen LogP contribution in [0.5, 0.6) is 0 Å². The minimum absolute atomic E-state index is 0.394. The van der Waals surface area contributed by atoms with Gasteiger partial charge < -0.3 is 10.2 Å². The second-order valence-electron chi connectivity index (χ2n) is 7.06. The molecule has 94 valence electrons. The van der Waals surface area contributed by atoms with Gasteiger partial charge in [0.1, 0.15) is 0 Å². The highest BCUT2D eigenvalue weighted by molar-refractivity contribution is 4.94. The van der Waals surface area contributed by atoms with Gasteiger partial charge in [-0.2, -0.15) is 0 Å². The Morgan fingerprint density at radius 1 is 1.19 bits per heavy atom. The van der Waals surface area contributed by atoms with Gasteiger partial charge in [0.15, 0.2) is 0 Å². The molecule has 0 aliphatic heterocycles. The summed E-state index contributed by atoms with van der Waals surface area (Å²) in [5, 5.41) is 3.83. The monoisotopic (exact) mass is 224 g/mol. The topological polar surface area (TPSA) is 15.3 Å². The first-order valence-electron chi connectivity index (χ1n) is 6.84. The molecule has 0 amide bonds. The molecule has 0 saturated heterocycles. The number of rotatable bonds is 5. The van der Waals surface area contributed by atoms with Crippen molar-refractivity contribution >= 4 is 0 Å². The molecule has 2 nitrogen and oxygen atoms in total. The Morgan fingerprint density at radius 2 is 1.94 bits per heavy atom. The van der Waals surface area contributed by atoms with E-state index in [9.17, 15) is 0 Å². The lowest BCUT2D eigenvalue weighted by Gasteiger charge is -2.32. The van der Waals surface area contributed by atoms with Crippen LogP contribution in [0.4, 0.5) is 0 Å². The normalized spacial score (nSPS) is 33.9. The van der Waals surface area contributed by atoms with E-state index in [0.717, 1.165) is 17.9 Å². The van der Waals surface area contributed by atoms with E-state index in [0.29, 0.717) is 5.41 Å². The number of hydrogen-bond donors (Lipinski definition) is 1. The average molecular weight is 224 g/mol. The summed E-state index contributed by atoms with van der Waals surface area (Å²) in [6.07, 6.45) is 5.94. The van der Waals surface area contributed by atoms with Crippen LogP contribution in [0.25, 0.3) is 0 Å². The summed E-state index contributed by atoms with van der Waals surface area (Å²) in [5.41, 5.74) is 0.394. The van der Waals surface area contributed by atoms with Crippen LogP contribution in [0.2, 0.25) is 0 Å². The maximum atomic E-state index is 3.83. The Morgan fingerprint density at radius 3 is 2.44 bits per heavy atom. The first kappa shape index (κ1) is 12.4. The van der Waals surface area contributed by atoms with Gasteiger partial charge >= 0.3 is 0 Å². The molecule has 2 fully saturated rings. The molecule has 2 aliphatic rings. The Hall–Kier alpha value is -0.0800. The molecule has 2 saturated carbocycles. The number of nitrogens with one attached hydrogen (secondary N) is 1. The largest absolute Gasteiger partial charge is 0.313 e. The molecular weight excluding hydrogens is 196 g/mol. The van der Waals surface area contributed by atoms with Crippen molar-refractivity contribution in [3.8, 4) is 0 Å². The molecular formula is C14H28N2. The van der Waals surface area contributed by atoms with E-state index in [1.165, 1.54) is 38.8 Å². The fourth-order valence-corrected chi connectivity index (χ4v) is 3.81. The Labute approximate surface area is 101 Å². The number of hydrogen-bond acceptors (Lipinski definition) is 2. The molecule has 3 atom stereocenters. The molecule has 0 aromatic heterocycles. The maximum Gasteiger partial charge on any atom is 0.00983 e. The number of fused-ring (bicyclic) bond motifs is 2. The average Bonchev–Trinajstić information content (AvgIpc) is 2.73. The lowest BCUT2D eigenvalue weighted by atomic mass is 9.90.